The van der Waals surface area contributed by atoms with Crippen LogP contribution >= 0.6 is 0 Å². The van der Waals surface area contributed by atoms with E-state index in [9.17, 15) is 13.6 Å². The molecule has 0 saturated carbocycles. The van der Waals surface area contributed by atoms with Gasteiger partial charge in [0.2, 0.25) is 0 Å². The number of aromatic nitrogens is 2. The van der Waals surface area contributed by atoms with Gasteiger partial charge in [-0.3, -0.25) is 4.79 Å². The Kier molecular flexibility index (Phi) is 2.99. The molecule has 0 radical (unpaired) electrons. The smallest absolute Gasteiger partial charge is 0.285 e. The Hall–Kier alpha value is -2.04. The number of para-hydroxylation sites is 2. The van der Waals surface area contributed by atoms with Crippen LogP contribution in [0.25, 0.3) is 11.0 Å². The summed E-state index contributed by atoms with van der Waals surface area (Å²) in [5.41, 5.74) is -0.574. The zero-order valence-corrected chi connectivity index (χ0v) is 8.94. The number of nitrogens with zero attached hydrogens (tertiary/aromatic N) is 2. The largest absolute Gasteiger partial charge is 0.301 e. The van der Waals surface area contributed by atoms with E-state index in [4.69, 9.17) is 0 Å². The summed E-state index contributed by atoms with van der Waals surface area (Å²) >= 11 is 0. The summed E-state index contributed by atoms with van der Waals surface area (Å²) in [7, 11) is 0. The second-order valence-corrected chi connectivity index (χ2v) is 3.49. The molecule has 0 atom stereocenters. The van der Waals surface area contributed by atoms with Crippen LogP contribution in [0.4, 0.5) is 8.78 Å². The zero-order chi connectivity index (χ0) is 12.4. The minimum atomic E-state index is -2.87. The van der Waals surface area contributed by atoms with Crippen LogP contribution < -0.4 is 5.56 Å². The van der Waals surface area contributed by atoms with Gasteiger partial charge in [0.15, 0.2) is 5.69 Å². The van der Waals surface area contributed by atoms with E-state index in [0.717, 1.165) is 0 Å². The van der Waals surface area contributed by atoms with Crippen molar-refractivity contribution in [2.45, 2.75) is 13.0 Å². The summed E-state index contributed by atoms with van der Waals surface area (Å²) in [6.45, 7) is 3.69. The number of hydrogen-bond donors (Lipinski definition) is 0. The predicted octanol–water partition coefficient (Wildman–Crippen LogP) is 2.52. The molecule has 17 heavy (non-hydrogen) atoms. The average Bonchev–Trinajstić information content (AvgIpc) is 2.32. The Bertz CT molecular complexity index is 619. The van der Waals surface area contributed by atoms with Crippen molar-refractivity contribution in [2.24, 2.45) is 0 Å². The van der Waals surface area contributed by atoms with Crippen LogP contribution in [-0.4, -0.2) is 9.55 Å². The molecule has 0 unspecified atom stereocenters. The highest BCUT2D eigenvalue weighted by atomic mass is 19.3. The van der Waals surface area contributed by atoms with E-state index < -0.39 is 17.7 Å². The van der Waals surface area contributed by atoms with Gasteiger partial charge in [0.05, 0.1) is 11.0 Å². The summed E-state index contributed by atoms with van der Waals surface area (Å²) < 4.78 is 26.6. The molecule has 0 aliphatic carbocycles. The van der Waals surface area contributed by atoms with Crippen LogP contribution in [0.2, 0.25) is 0 Å². The summed E-state index contributed by atoms with van der Waals surface area (Å²) in [6, 6.07) is 6.68. The Morgan fingerprint density at radius 1 is 1.41 bits per heavy atom. The number of hydrogen-bond acceptors (Lipinski definition) is 2. The molecule has 1 heterocycles. The van der Waals surface area contributed by atoms with E-state index in [0.29, 0.717) is 11.0 Å². The molecule has 88 valence electrons. The molecule has 0 amide bonds. The molecule has 0 saturated heterocycles. The Balaban J connectivity index is 2.85. The van der Waals surface area contributed by atoms with Crippen molar-refractivity contribution in [3.05, 3.63) is 53.0 Å². The van der Waals surface area contributed by atoms with Crippen molar-refractivity contribution >= 4 is 11.0 Å². The van der Waals surface area contributed by atoms with E-state index in [-0.39, 0.29) is 6.54 Å². The van der Waals surface area contributed by atoms with Crippen LogP contribution in [0.3, 0.4) is 0 Å². The van der Waals surface area contributed by atoms with E-state index in [1.165, 1.54) is 10.6 Å². The fourth-order valence-electron chi connectivity index (χ4n) is 1.66. The van der Waals surface area contributed by atoms with E-state index in [2.05, 4.69) is 11.6 Å². The number of fused-ring (bicyclic) bond motifs is 1. The maximum absolute atomic E-state index is 12.7. The van der Waals surface area contributed by atoms with Gasteiger partial charge < -0.3 is 4.57 Å². The summed E-state index contributed by atoms with van der Waals surface area (Å²) in [4.78, 5) is 15.5. The monoisotopic (exact) mass is 236 g/mol. The van der Waals surface area contributed by atoms with Crippen molar-refractivity contribution < 1.29 is 8.78 Å². The quantitative estimate of drug-likeness (QED) is 0.767. The van der Waals surface area contributed by atoms with Crippen molar-refractivity contribution in [1.29, 1.82) is 0 Å². The first-order valence-electron chi connectivity index (χ1n) is 5.03. The number of allylic oxidation sites excluding steroid dienone is 1. The minimum absolute atomic E-state index is 0.182. The lowest BCUT2D eigenvalue weighted by Gasteiger charge is -2.09. The molecule has 3 nitrogen and oxygen atoms in total. The molecule has 5 heteroatoms. The number of benzene rings is 1. The molecule has 1 aromatic carbocycles. The average molecular weight is 236 g/mol. The fraction of sp³-hybridized carbons (Fsp3) is 0.167. The molecular formula is C12H10F2N2O. The molecular weight excluding hydrogens is 226 g/mol. The lowest BCUT2D eigenvalue weighted by molar-refractivity contribution is 0.144. The third kappa shape index (κ3) is 1.95. The first-order chi connectivity index (χ1) is 8.15. The van der Waals surface area contributed by atoms with Gasteiger partial charge in [-0.15, -0.1) is 6.58 Å². The Morgan fingerprint density at radius 3 is 2.76 bits per heavy atom. The van der Waals surface area contributed by atoms with Crippen molar-refractivity contribution in [1.82, 2.24) is 9.55 Å². The highest BCUT2D eigenvalue weighted by Crippen LogP contribution is 2.16. The minimum Gasteiger partial charge on any atom is -0.301 e. The summed E-state index contributed by atoms with van der Waals surface area (Å²) in [5.74, 6) is 0. The van der Waals surface area contributed by atoms with Crippen LogP contribution in [0.15, 0.2) is 41.7 Å². The van der Waals surface area contributed by atoms with Gasteiger partial charge >= 0.3 is 0 Å². The van der Waals surface area contributed by atoms with E-state index in [1.54, 1.807) is 24.3 Å². The standard InChI is InChI=1S/C12H10F2N2O/c1-2-7-16-9-6-4-3-5-8(9)15-10(11(13)14)12(16)17/h2-6,11H,1,7H2. The van der Waals surface area contributed by atoms with Crippen molar-refractivity contribution in [3.8, 4) is 0 Å². The lowest BCUT2D eigenvalue weighted by atomic mass is 10.2. The fourth-order valence-corrected chi connectivity index (χ4v) is 1.66. The van der Waals surface area contributed by atoms with Crippen molar-refractivity contribution in [3.63, 3.8) is 0 Å². The number of rotatable bonds is 3. The SMILES string of the molecule is C=CCn1c(=O)c(C(F)F)nc2ccccc21. The van der Waals surface area contributed by atoms with Crippen LogP contribution in [0.5, 0.6) is 0 Å². The summed E-state index contributed by atoms with van der Waals surface area (Å²) in [5, 5.41) is 0. The third-order valence-electron chi connectivity index (χ3n) is 2.40. The van der Waals surface area contributed by atoms with E-state index in [1.807, 2.05) is 0 Å². The maximum Gasteiger partial charge on any atom is 0.285 e. The third-order valence-corrected chi connectivity index (χ3v) is 2.40. The molecule has 0 spiro atoms. The first kappa shape index (κ1) is 11.4. The van der Waals surface area contributed by atoms with Crippen LogP contribution in [0.1, 0.15) is 12.1 Å². The first-order valence-corrected chi connectivity index (χ1v) is 5.03. The molecule has 1 aromatic heterocycles. The zero-order valence-electron chi connectivity index (χ0n) is 8.94. The van der Waals surface area contributed by atoms with Crippen molar-refractivity contribution in [2.75, 3.05) is 0 Å². The molecule has 0 aliphatic rings. The molecule has 2 aromatic rings. The Morgan fingerprint density at radius 2 is 2.12 bits per heavy atom. The topological polar surface area (TPSA) is 34.9 Å². The maximum atomic E-state index is 12.7. The lowest BCUT2D eigenvalue weighted by Crippen LogP contribution is -2.25. The van der Waals surface area contributed by atoms with Gasteiger partial charge in [-0.1, -0.05) is 18.2 Å². The molecule has 0 bridgehead atoms. The molecule has 0 fully saturated rings. The second-order valence-electron chi connectivity index (χ2n) is 3.49. The molecule has 0 N–H and O–H groups in total. The highest BCUT2D eigenvalue weighted by Gasteiger charge is 2.17. The van der Waals surface area contributed by atoms with Gasteiger partial charge in [0.1, 0.15) is 0 Å². The van der Waals surface area contributed by atoms with Crippen LogP contribution in [-0.2, 0) is 6.54 Å². The molecule has 0 aliphatic heterocycles. The van der Waals surface area contributed by atoms with E-state index >= 15 is 0 Å². The molecule has 2 rings (SSSR count). The van der Waals surface area contributed by atoms with Gasteiger partial charge in [-0.25, -0.2) is 13.8 Å². The van der Waals surface area contributed by atoms with Gasteiger partial charge in [-0.2, -0.15) is 0 Å². The van der Waals surface area contributed by atoms with Gasteiger partial charge in [0, 0.05) is 6.54 Å². The summed E-state index contributed by atoms with van der Waals surface area (Å²) in [6.07, 6.45) is -1.38. The predicted molar refractivity (Wildman–Crippen MR) is 61.2 cm³/mol. The normalized spacial score (nSPS) is 11.0. The van der Waals surface area contributed by atoms with Gasteiger partial charge in [-0.05, 0) is 12.1 Å². The number of alkyl halides is 2. The number of halogens is 2. The van der Waals surface area contributed by atoms with Gasteiger partial charge in [0.25, 0.3) is 12.0 Å². The highest BCUT2D eigenvalue weighted by molar-refractivity contribution is 5.74. The second kappa shape index (κ2) is 4.45. The Labute approximate surface area is 96.0 Å². The van der Waals surface area contributed by atoms with Crippen LogP contribution in [0, 0.1) is 0 Å².